The molecular weight excluding hydrogens is 301 g/mol. The van der Waals surface area contributed by atoms with Crippen LogP contribution in [0.15, 0.2) is 12.1 Å². The maximum atomic E-state index is 13.4. The summed E-state index contributed by atoms with van der Waals surface area (Å²) in [5.41, 5.74) is -0.0731. The summed E-state index contributed by atoms with van der Waals surface area (Å²) in [6.07, 6.45) is 3.10. The second-order valence-corrected chi connectivity index (χ2v) is 7.63. The van der Waals surface area contributed by atoms with Crippen LogP contribution in [0, 0.1) is 17.5 Å². The fraction of sp³-hybridized carbons (Fsp3) is 0.571. The normalized spacial score (nSPS) is 11.9. The third-order valence-corrected chi connectivity index (χ3v) is 5.67. The molecule has 0 fully saturated rings. The van der Waals surface area contributed by atoms with Gasteiger partial charge in [-0.2, -0.15) is 0 Å². The van der Waals surface area contributed by atoms with E-state index in [1.807, 2.05) is 0 Å². The van der Waals surface area contributed by atoms with Gasteiger partial charge in [-0.15, -0.1) is 0 Å². The molecule has 0 unspecified atom stereocenters. The standard InChI is InChI=1S/C14H21F3O3Si/c1-19-21(18,20-2)8-6-4-3-5-7-12-13(16)9-11(15)10-14(12)17/h9-10,18H,3-8H2,1-2H3. The number of halogens is 3. The Hall–Kier alpha value is -0.893. The van der Waals surface area contributed by atoms with E-state index >= 15 is 0 Å². The molecule has 0 spiro atoms. The molecule has 1 aromatic rings. The van der Waals surface area contributed by atoms with Crippen molar-refractivity contribution in [1.29, 1.82) is 0 Å². The Morgan fingerprint density at radius 3 is 2.00 bits per heavy atom. The molecule has 1 rings (SSSR count). The first-order valence-corrected chi connectivity index (χ1v) is 8.85. The van der Waals surface area contributed by atoms with E-state index in [1.165, 1.54) is 14.2 Å². The van der Waals surface area contributed by atoms with Gasteiger partial charge in [0.25, 0.3) is 0 Å². The van der Waals surface area contributed by atoms with E-state index in [9.17, 15) is 18.0 Å². The minimum Gasteiger partial charge on any atom is -0.390 e. The van der Waals surface area contributed by atoms with Crippen molar-refractivity contribution in [2.24, 2.45) is 0 Å². The van der Waals surface area contributed by atoms with Gasteiger partial charge in [-0.25, -0.2) is 13.2 Å². The highest BCUT2D eigenvalue weighted by Crippen LogP contribution is 2.19. The summed E-state index contributed by atoms with van der Waals surface area (Å²) in [4.78, 5) is 9.82. The Kier molecular flexibility index (Phi) is 7.37. The summed E-state index contributed by atoms with van der Waals surface area (Å²) in [6, 6.07) is 1.85. The summed E-state index contributed by atoms with van der Waals surface area (Å²) in [6.45, 7) is 0. The average Bonchev–Trinajstić information content (AvgIpc) is 2.44. The first-order valence-electron chi connectivity index (χ1n) is 6.88. The molecule has 3 nitrogen and oxygen atoms in total. The Morgan fingerprint density at radius 2 is 1.48 bits per heavy atom. The van der Waals surface area contributed by atoms with Crippen molar-refractivity contribution in [3.05, 3.63) is 35.1 Å². The molecule has 0 bridgehead atoms. The Labute approximate surface area is 124 Å². The molecule has 7 heteroatoms. The molecular formula is C14H21F3O3Si. The molecule has 0 amide bonds. The van der Waals surface area contributed by atoms with Crippen molar-refractivity contribution in [3.8, 4) is 0 Å². The molecule has 0 aliphatic heterocycles. The topological polar surface area (TPSA) is 38.7 Å². The highest BCUT2D eigenvalue weighted by atomic mass is 28.4. The number of unbranched alkanes of at least 4 members (excludes halogenated alkanes) is 3. The van der Waals surface area contributed by atoms with Crippen LogP contribution in [-0.4, -0.2) is 27.8 Å². The van der Waals surface area contributed by atoms with Crippen molar-refractivity contribution in [3.63, 3.8) is 0 Å². The predicted octanol–water partition coefficient (Wildman–Crippen LogP) is 3.43. The molecule has 0 aliphatic carbocycles. The quantitative estimate of drug-likeness (QED) is 0.559. The lowest BCUT2D eigenvalue weighted by atomic mass is 10.1. The molecule has 0 heterocycles. The van der Waals surface area contributed by atoms with Crippen LogP contribution < -0.4 is 0 Å². The first kappa shape index (κ1) is 18.2. The minimum absolute atomic E-state index is 0.0731. The zero-order valence-electron chi connectivity index (χ0n) is 12.3. The van der Waals surface area contributed by atoms with Gasteiger partial charge >= 0.3 is 8.80 Å². The number of rotatable bonds is 9. The predicted molar refractivity (Wildman–Crippen MR) is 75.3 cm³/mol. The van der Waals surface area contributed by atoms with Gasteiger partial charge in [0.05, 0.1) is 0 Å². The number of benzene rings is 1. The van der Waals surface area contributed by atoms with Crippen molar-refractivity contribution < 1.29 is 26.8 Å². The van der Waals surface area contributed by atoms with Crippen LogP contribution in [0.5, 0.6) is 0 Å². The van der Waals surface area contributed by atoms with Gasteiger partial charge in [0.15, 0.2) is 0 Å². The Morgan fingerprint density at radius 1 is 0.952 bits per heavy atom. The Bertz CT molecular complexity index is 430. The van der Waals surface area contributed by atoms with Gasteiger partial charge in [-0.1, -0.05) is 12.8 Å². The fourth-order valence-corrected chi connectivity index (χ4v) is 3.37. The second-order valence-electron chi connectivity index (χ2n) is 4.88. The monoisotopic (exact) mass is 322 g/mol. The van der Waals surface area contributed by atoms with E-state index in [1.54, 1.807) is 0 Å². The van der Waals surface area contributed by atoms with Crippen LogP contribution >= 0.6 is 0 Å². The summed E-state index contributed by atoms with van der Waals surface area (Å²) < 4.78 is 49.4. The molecule has 21 heavy (non-hydrogen) atoms. The summed E-state index contributed by atoms with van der Waals surface area (Å²) in [5.74, 6) is -2.58. The molecule has 0 atom stereocenters. The van der Waals surface area contributed by atoms with Crippen LogP contribution in [-0.2, 0) is 15.3 Å². The van der Waals surface area contributed by atoms with Gasteiger partial charge < -0.3 is 13.6 Å². The maximum Gasteiger partial charge on any atom is 0.497 e. The van der Waals surface area contributed by atoms with Crippen LogP contribution in [0.1, 0.15) is 31.2 Å². The summed E-state index contributed by atoms with van der Waals surface area (Å²) >= 11 is 0. The number of hydrogen-bond acceptors (Lipinski definition) is 3. The van der Waals surface area contributed by atoms with Crippen LogP contribution in [0.3, 0.4) is 0 Å². The van der Waals surface area contributed by atoms with Crippen LogP contribution in [0.4, 0.5) is 13.2 Å². The second kappa shape index (κ2) is 8.53. The summed E-state index contributed by atoms with van der Waals surface area (Å²) in [7, 11) is -0.182. The first-order chi connectivity index (χ1) is 9.91. The molecule has 1 N–H and O–H groups in total. The van der Waals surface area contributed by atoms with E-state index in [0.29, 0.717) is 24.6 Å². The molecule has 0 saturated heterocycles. The third kappa shape index (κ3) is 5.78. The zero-order chi connectivity index (χ0) is 15.9. The van der Waals surface area contributed by atoms with Crippen molar-refractivity contribution in [2.45, 2.75) is 38.1 Å². The van der Waals surface area contributed by atoms with E-state index < -0.39 is 26.3 Å². The number of hydrogen-bond donors (Lipinski definition) is 1. The van der Waals surface area contributed by atoms with Gasteiger partial charge in [-0.05, 0) is 19.3 Å². The van der Waals surface area contributed by atoms with E-state index in [2.05, 4.69) is 0 Å². The zero-order valence-corrected chi connectivity index (χ0v) is 13.3. The van der Waals surface area contributed by atoms with E-state index in [4.69, 9.17) is 8.85 Å². The van der Waals surface area contributed by atoms with Crippen LogP contribution in [0.25, 0.3) is 0 Å². The lowest BCUT2D eigenvalue weighted by Crippen LogP contribution is -2.39. The van der Waals surface area contributed by atoms with E-state index in [-0.39, 0.29) is 12.0 Å². The highest BCUT2D eigenvalue weighted by Gasteiger charge is 2.33. The smallest absolute Gasteiger partial charge is 0.390 e. The van der Waals surface area contributed by atoms with Crippen LogP contribution in [0.2, 0.25) is 6.04 Å². The van der Waals surface area contributed by atoms with Gasteiger partial charge in [0.2, 0.25) is 0 Å². The molecule has 1 aromatic carbocycles. The minimum atomic E-state index is -3.01. The summed E-state index contributed by atoms with van der Waals surface area (Å²) in [5, 5.41) is 0. The SMILES string of the molecule is CO[Si](O)(CCCCCCc1c(F)cc(F)cc1F)OC. The lowest BCUT2D eigenvalue weighted by molar-refractivity contribution is 0.150. The average molecular weight is 322 g/mol. The van der Waals surface area contributed by atoms with Gasteiger partial charge in [0.1, 0.15) is 17.5 Å². The lowest BCUT2D eigenvalue weighted by Gasteiger charge is -2.19. The third-order valence-electron chi connectivity index (χ3n) is 3.41. The molecule has 0 aliphatic rings. The highest BCUT2D eigenvalue weighted by molar-refractivity contribution is 6.59. The molecule has 120 valence electrons. The van der Waals surface area contributed by atoms with Crippen molar-refractivity contribution in [1.82, 2.24) is 0 Å². The van der Waals surface area contributed by atoms with Crippen molar-refractivity contribution >= 4 is 8.80 Å². The van der Waals surface area contributed by atoms with Gasteiger partial charge in [0, 0.05) is 38.0 Å². The largest absolute Gasteiger partial charge is 0.497 e. The van der Waals surface area contributed by atoms with E-state index in [0.717, 1.165) is 19.3 Å². The van der Waals surface area contributed by atoms with Gasteiger partial charge in [-0.3, -0.25) is 0 Å². The fourth-order valence-electron chi connectivity index (χ4n) is 2.10. The molecule has 0 aromatic heterocycles. The molecule has 0 radical (unpaired) electrons. The molecule has 0 saturated carbocycles. The maximum absolute atomic E-state index is 13.4. The van der Waals surface area contributed by atoms with Crippen molar-refractivity contribution in [2.75, 3.05) is 14.2 Å². The Balaban J connectivity index is 2.29.